The highest BCUT2D eigenvalue weighted by Gasteiger charge is 2.44. The number of hydrogen-bond acceptors (Lipinski definition) is 8. The molecule has 2 aromatic rings. The van der Waals surface area contributed by atoms with E-state index in [0.717, 1.165) is 82.0 Å². The molecule has 3 aliphatic heterocycles. The Labute approximate surface area is 305 Å². The molecule has 0 spiro atoms. The van der Waals surface area contributed by atoms with Gasteiger partial charge in [-0.15, -0.1) is 0 Å². The summed E-state index contributed by atoms with van der Waals surface area (Å²) in [6.45, 7) is 25.0. The van der Waals surface area contributed by atoms with Gasteiger partial charge in [-0.2, -0.15) is 0 Å². The lowest BCUT2D eigenvalue weighted by Gasteiger charge is -2.38. The van der Waals surface area contributed by atoms with Gasteiger partial charge in [0, 0.05) is 17.3 Å². The Bertz CT molecular complexity index is 1180. The van der Waals surface area contributed by atoms with Gasteiger partial charge >= 0.3 is 5.97 Å². The molecule has 0 aliphatic carbocycles. The molecule has 0 unspecified atom stereocenters. The molecule has 5 heterocycles. The zero-order chi connectivity index (χ0) is 38.5. The molecule has 0 radical (unpaired) electrons. The highest BCUT2D eigenvalue weighted by Crippen LogP contribution is 2.36. The van der Waals surface area contributed by atoms with Crippen LogP contribution in [-0.4, -0.2) is 108 Å². The Kier molecular flexibility index (Phi) is 22.8. The quantitative estimate of drug-likeness (QED) is 0.343. The average Bonchev–Trinajstić information content (AvgIpc) is 3.12. The molecule has 3 aliphatic rings. The summed E-state index contributed by atoms with van der Waals surface area (Å²) in [7, 11) is 6.24. The first-order valence-electron chi connectivity index (χ1n) is 19.0. The van der Waals surface area contributed by atoms with Crippen molar-refractivity contribution in [2.75, 3.05) is 60.4 Å². The second kappa shape index (κ2) is 24.2. The lowest BCUT2D eigenvalue weighted by atomic mass is 9.72. The number of piperidine rings is 3. The number of rotatable bonds is 5. The average molecular weight is 698 g/mol. The first-order chi connectivity index (χ1) is 23.8. The van der Waals surface area contributed by atoms with Gasteiger partial charge in [0.15, 0.2) is 0 Å². The normalized spacial score (nSPS) is 18.7. The summed E-state index contributed by atoms with van der Waals surface area (Å²) >= 11 is 0. The number of hydrogen-bond donors (Lipinski definition) is 1. The van der Waals surface area contributed by atoms with E-state index in [0.29, 0.717) is 30.2 Å². The van der Waals surface area contributed by atoms with Gasteiger partial charge in [-0.05, 0) is 151 Å². The Hall–Kier alpha value is -3.01. The molecule has 0 saturated carbocycles. The molecule has 1 N–H and O–H groups in total. The number of ketones is 2. The van der Waals surface area contributed by atoms with Crippen molar-refractivity contribution in [3.8, 4) is 0 Å². The third-order valence-corrected chi connectivity index (χ3v) is 9.82. The molecule has 5 rings (SSSR count). The van der Waals surface area contributed by atoms with Crippen LogP contribution in [-0.2, 0) is 25.2 Å². The van der Waals surface area contributed by atoms with Crippen LogP contribution in [0, 0.1) is 19.8 Å². The van der Waals surface area contributed by atoms with Crippen LogP contribution in [0.25, 0.3) is 0 Å². The molecule has 9 nitrogen and oxygen atoms in total. The molecule has 3 saturated heterocycles. The SMILES string of the molecule is CC.CC.CC.CC(=O)C1(c2cccc(C)n2)CCN(C)CC1.CC(=O)C1CCN(C)CC1.Cc1cccc(C2(C(=O)O)CCN(C)CC2)n1. The van der Waals surface area contributed by atoms with Gasteiger partial charge in [0.25, 0.3) is 0 Å². The van der Waals surface area contributed by atoms with E-state index in [1.807, 2.05) is 98.8 Å². The van der Waals surface area contributed by atoms with Crippen molar-refractivity contribution in [1.29, 1.82) is 0 Å². The topological polar surface area (TPSA) is 107 Å². The van der Waals surface area contributed by atoms with Crippen molar-refractivity contribution in [1.82, 2.24) is 24.7 Å². The number of nitrogens with zero attached hydrogens (tertiary/aromatic N) is 5. The largest absolute Gasteiger partial charge is 0.481 e. The Balaban J connectivity index is 0.000000688. The number of Topliss-reactive ketones (excluding diaryl/α,β-unsaturated/α-hetero) is 2. The molecule has 0 aromatic carbocycles. The first-order valence-corrected chi connectivity index (χ1v) is 19.0. The van der Waals surface area contributed by atoms with E-state index in [-0.39, 0.29) is 11.2 Å². The van der Waals surface area contributed by atoms with Crippen LogP contribution in [0.3, 0.4) is 0 Å². The maximum Gasteiger partial charge on any atom is 0.315 e. The second-order valence-electron chi connectivity index (χ2n) is 13.1. The Morgan fingerprint density at radius 2 is 0.960 bits per heavy atom. The number of carbonyl (C=O) groups is 3. The summed E-state index contributed by atoms with van der Waals surface area (Å²) in [6.07, 6.45) is 5.16. The number of carboxylic acid groups (broad SMARTS) is 1. The summed E-state index contributed by atoms with van der Waals surface area (Å²) in [5.41, 5.74) is 2.39. The molecule has 2 aromatic heterocycles. The minimum Gasteiger partial charge on any atom is -0.481 e. The smallest absolute Gasteiger partial charge is 0.315 e. The standard InChI is InChI=1S/C14H20N2O.C13H18N2O2.C8H15NO.3C2H6/c1-11-5-4-6-13(15-11)14(12(2)17)7-9-16(3)10-8-14;1-10-4-3-5-11(14-10)13(12(16)17)6-8-15(2)9-7-13;1-7(10)8-3-5-9(2)6-4-8;3*1-2/h4-6H,7-10H2,1-3H3;3-5H,6-9H2,1-2H3,(H,16,17);8H,3-6H2,1-2H3;3*1-2H3. The predicted octanol–water partition coefficient (Wildman–Crippen LogP) is 7.38. The number of likely N-dealkylation sites (tertiary alicyclic amines) is 3. The van der Waals surface area contributed by atoms with Crippen molar-refractivity contribution in [3.05, 3.63) is 59.2 Å². The monoisotopic (exact) mass is 698 g/mol. The maximum absolute atomic E-state index is 12.1. The molecule has 3 fully saturated rings. The molecular weight excluding hydrogens is 626 g/mol. The number of aromatic nitrogens is 2. The van der Waals surface area contributed by atoms with Crippen LogP contribution >= 0.6 is 0 Å². The third-order valence-electron chi connectivity index (χ3n) is 9.82. The minimum absolute atomic E-state index is 0.253. The molecule has 0 amide bonds. The van der Waals surface area contributed by atoms with Gasteiger partial charge in [-0.25, -0.2) is 0 Å². The third kappa shape index (κ3) is 14.0. The summed E-state index contributed by atoms with van der Waals surface area (Å²) in [5.74, 6) is 0.233. The van der Waals surface area contributed by atoms with E-state index in [2.05, 4.69) is 38.8 Å². The molecule has 0 bridgehead atoms. The summed E-state index contributed by atoms with van der Waals surface area (Å²) in [4.78, 5) is 50.3. The fourth-order valence-electron chi connectivity index (χ4n) is 6.40. The van der Waals surface area contributed by atoms with Gasteiger partial charge in [0.05, 0.1) is 16.8 Å². The predicted molar refractivity (Wildman–Crippen MR) is 208 cm³/mol. The number of aryl methyl sites for hydroxylation is 2. The lowest BCUT2D eigenvalue weighted by Crippen LogP contribution is -2.46. The van der Waals surface area contributed by atoms with Crippen molar-refractivity contribution < 1.29 is 19.5 Å². The van der Waals surface area contributed by atoms with Gasteiger partial charge in [-0.1, -0.05) is 53.7 Å². The van der Waals surface area contributed by atoms with Crippen LogP contribution in [0.5, 0.6) is 0 Å². The van der Waals surface area contributed by atoms with E-state index in [9.17, 15) is 19.5 Å². The van der Waals surface area contributed by atoms with Gasteiger partial charge in [0.2, 0.25) is 0 Å². The van der Waals surface area contributed by atoms with Crippen LogP contribution in [0.15, 0.2) is 36.4 Å². The lowest BCUT2D eigenvalue weighted by molar-refractivity contribution is -0.146. The molecule has 0 atom stereocenters. The van der Waals surface area contributed by atoms with Crippen molar-refractivity contribution in [2.45, 2.75) is 119 Å². The highest BCUT2D eigenvalue weighted by molar-refractivity contribution is 5.87. The number of pyridine rings is 2. The molecule has 50 heavy (non-hydrogen) atoms. The number of carbonyl (C=O) groups excluding carboxylic acids is 2. The number of aliphatic carboxylic acids is 1. The van der Waals surface area contributed by atoms with Crippen molar-refractivity contribution in [3.63, 3.8) is 0 Å². The first kappa shape index (κ1) is 47.0. The summed E-state index contributed by atoms with van der Waals surface area (Å²) in [5, 5.41) is 9.56. The molecule has 9 heteroatoms. The van der Waals surface area contributed by atoms with Crippen LogP contribution < -0.4 is 0 Å². The fraction of sp³-hybridized carbons (Fsp3) is 0.683. The molecular formula is C41H71N5O4. The zero-order valence-electron chi connectivity index (χ0n) is 33.9. The van der Waals surface area contributed by atoms with Crippen molar-refractivity contribution >= 4 is 17.5 Å². The van der Waals surface area contributed by atoms with E-state index in [1.165, 1.54) is 0 Å². The second-order valence-corrected chi connectivity index (χ2v) is 13.1. The van der Waals surface area contributed by atoms with Crippen molar-refractivity contribution in [2.24, 2.45) is 5.92 Å². The van der Waals surface area contributed by atoms with Gasteiger partial charge in [-0.3, -0.25) is 24.4 Å². The maximum atomic E-state index is 12.1. The van der Waals surface area contributed by atoms with E-state index in [1.54, 1.807) is 13.8 Å². The van der Waals surface area contributed by atoms with Crippen LogP contribution in [0.4, 0.5) is 0 Å². The van der Waals surface area contributed by atoms with Crippen LogP contribution in [0.2, 0.25) is 0 Å². The Morgan fingerprint density at radius 1 is 0.620 bits per heavy atom. The minimum atomic E-state index is -0.793. The fourth-order valence-corrected chi connectivity index (χ4v) is 6.40. The van der Waals surface area contributed by atoms with E-state index >= 15 is 0 Å². The van der Waals surface area contributed by atoms with Crippen LogP contribution in [0.1, 0.15) is 117 Å². The van der Waals surface area contributed by atoms with Gasteiger partial charge in [0.1, 0.15) is 17.0 Å². The van der Waals surface area contributed by atoms with E-state index < -0.39 is 11.4 Å². The zero-order valence-corrected chi connectivity index (χ0v) is 33.9. The summed E-state index contributed by atoms with van der Waals surface area (Å²) in [6, 6.07) is 11.6. The Morgan fingerprint density at radius 3 is 1.28 bits per heavy atom. The highest BCUT2D eigenvalue weighted by atomic mass is 16.4. The summed E-state index contributed by atoms with van der Waals surface area (Å²) < 4.78 is 0. The molecule has 284 valence electrons. The van der Waals surface area contributed by atoms with E-state index in [4.69, 9.17) is 0 Å². The van der Waals surface area contributed by atoms with Gasteiger partial charge < -0.3 is 19.8 Å². The number of carboxylic acids is 1.